The van der Waals surface area contributed by atoms with Crippen molar-refractivity contribution in [3.63, 3.8) is 0 Å². The standard InChI is InChI=1S/C27H40N4O5/c1-17-11-18-5-4-7-30-24(28-2)31-9-6-19(13-29-8-10-32)27(15-31)20(18)12-21-22(23(33)34)25(35,16-36-3)14-26(17,21)27/h17-20,29,32,35H,6-16H2,1-3H3,(H,28,30)(H,33,34). The monoisotopic (exact) mass is 500 g/mol. The zero-order chi connectivity index (χ0) is 25.7. The summed E-state index contributed by atoms with van der Waals surface area (Å²) < 4.78 is 5.40. The third kappa shape index (κ3) is 3.42. The highest BCUT2D eigenvalue weighted by Gasteiger charge is 2.77. The van der Waals surface area contributed by atoms with Crippen molar-refractivity contribution in [1.29, 1.82) is 0 Å². The maximum absolute atomic E-state index is 12.6. The molecule has 0 aromatic carbocycles. The van der Waals surface area contributed by atoms with Gasteiger partial charge < -0.3 is 35.5 Å². The predicted molar refractivity (Wildman–Crippen MR) is 132 cm³/mol. The van der Waals surface area contributed by atoms with Crippen molar-refractivity contribution >= 4 is 11.9 Å². The van der Waals surface area contributed by atoms with E-state index in [4.69, 9.17) is 4.74 Å². The number of carboxylic acids is 1. The molecule has 0 aromatic heterocycles. The number of fused-ring (bicyclic) bond motifs is 1. The van der Waals surface area contributed by atoms with E-state index >= 15 is 0 Å². The predicted octanol–water partition coefficient (Wildman–Crippen LogP) is -2.46. The molecule has 2 spiro atoms. The SMILES string of the molecule is CN=C1NCC#CC2CC(C)C34CC(O)(COC)C(C(=O)[O-])=C3CC2C42C[NH+]1CCC2CNCCO. The van der Waals surface area contributed by atoms with Crippen LogP contribution in [0.4, 0.5) is 0 Å². The molecule has 8 atom stereocenters. The van der Waals surface area contributed by atoms with Crippen molar-refractivity contribution in [2.24, 2.45) is 39.5 Å². The second-order valence-electron chi connectivity index (χ2n) is 11.5. The Bertz CT molecular complexity index is 1030. The van der Waals surface area contributed by atoms with Gasteiger partial charge in [-0.1, -0.05) is 24.3 Å². The van der Waals surface area contributed by atoms with Gasteiger partial charge in [0.1, 0.15) is 5.60 Å². The van der Waals surface area contributed by atoms with Gasteiger partial charge in [0, 0.05) is 49.4 Å². The number of piperidine rings is 1. The lowest BCUT2D eigenvalue weighted by molar-refractivity contribution is -0.830. The number of hydrogen-bond donors (Lipinski definition) is 5. The van der Waals surface area contributed by atoms with E-state index in [1.54, 1.807) is 0 Å². The molecule has 5 N–H and O–H groups in total. The van der Waals surface area contributed by atoms with Gasteiger partial charge in [0.15, 0.2) is 0 Å². The average molecular weight is 501 g/mol. The zero-order valence-electron chi connectivity index (χ0n) is 21.7. The number of allylic oxidation sites excluding steroid dienone is 1. The normalized spacial score (nSPS) is 44.0. The smallest absolute Gasteiger partial charge is 0.296 e. The fourth-order valence-corrected chi connectivity index (χ4v) is 9.30. The van der Waals surface area contributed by atoms with Crippen LogP contribution in [0.2, 0.25) is 0 Å². The van der Waals surface area contributed by atoms with Gasteiger partial charge >= 0.3 is 0 Å². The Morgan fingerprint density at radius 1 is 1.44 bits per heavy atom. The number of quaternary nitrogens is 1. The summed E-state index contributed by atoms with van der Waals surface area (Å²) >= 11 is 0. The Kier molecular flexibility index (Phi) is 6.71. The summed E-state index contributed by atoms with van der Waals surface area (Å²) in [6.07, 6.45) is 2.78. The highest BCUT2D eigenvalue weighted by atomic mass is 16.5. The Morgan fingerprint density at radius 2 is 2.25 bits per heavy atom. The van der Waals surface area contributed by atoms with E-state index in [0.29, 0.717) is 25.9 Å². The molecule has 9 nitrogen and oxygen atoms in total. The number of carbonyl (C=O) groups is 1. The molecule has 0 radical (unpaired) electrons. The summed E-state index contributed by atoms with van der Waals surface area (Å²) in [7, 11) is 3.31. The summed E-state index contributed by atoms with van der Waals surface area (Å²) in [6.45, 7) is 5.76. The van der Waals surface area contributed by atoms with Crippen LogP contribution in [0.25, 0.3) is 0 Å². The van der Waals surface area contributed by atoms with Gasteiger partial charge in [0.2, 0.25) is 0 Å². The van der Waals surface area contributed by atoms with Crippen LogP contribution >= 0.6 is 0 Å². The molecule has 2 aliphatic heterocycles. The molecule has 1 saturated heterocycles. The molecular formula is C27H40N4O5. The van der Waals surface area contributed by atoms with E-state index in [9.17, 15) is 20.1 Å². The Hall–Kier alpha value is -1.96. The van der Waals surface area contributed by atoms with Gasteiger partial charge in [0.05, 0.1) is 38.8 Å². The van der Waals surface area contributed by atoms with Crippen molar-refractivity contribution in [2.45, 2.75) is 38.2 Å². The fourth-order valence-electron chi connectivity index (χ4n) is 9.30. The first kappa shape index (κ1) is 25.7. The number of hydrogen-bond acceptors (Lipinski definition) is 7. The number of carbonyl (C=O) groups excluding carboxylic acids is 1. The van der Waals surface area contributed by atoms with Gasteiger partial charge in [-0.05, 0) is 43.6 Å². The van der Waals surface area contributed by atoms with Crippen molar-refractivity contribution in [3.05, 3.63) is 11.1 Å². The number of ether oxygens (including phenoxy) is 1. The van der Waals surface area contributed by atoms with Gasteiger partial charge in [-0.3, -0.25) is 4.90 Å². The summed E-state index contributed by atoms with van der Waals surface area (Å²) in [6, 6.07) is 0. The zero-order valence-corrected chi connectivity index (χ0v) is 21.7. The molecule has 5 aliphatic rings. The number of aliphatic hydroxyl groups excluding tert-OH is 1. The van der Waals surface area contributed by atoms with Crippen LogP contribution in [0.1, 0.15) is 32.6 Å². The van der Waals surface area contributed by atoms with Gasteiger partial charge in [-0.2, -0.15) is 0 Å². The van der Waals surface area contributed by atoms with Crippen LogP contribution in [-0.2, 0) is 9.53 Å². The third-order valence-corrected chi connectivity index (χ3v) is 10.2. The lowest BCUT2D eigenvalue weighted by Crippen LogP contribution is -3.19. The maximum atomic E-state index is 12.6. The highest BCUT2D eigenvalue weighted by Crippen LogP contribution is 2.77. The van der Waals surface area contributed by atoms with Crippen LogP contribution in [-0.4, -0.2) is 87.8 Å². The Labute approximate surface area is 213 Å². The van der Waals surface area contributed by atoms with Crippen molar-refractivity contribution in [2.75, 3.05) is 60.1 Å². The molecule has 5 bridgehead atoms. The van der Waals surface area contributed by atoms with E-state index in [0.717, 1.165) is 44.0 Å². The Morgan fingerprint density at radius 3 is 2.94 bits per heavy atom. The van der Waals surface area contributed by atoms with Gasteiger partial charge in [-0.25, -0.2) is 4.99 Å². The van der Waals surface area contributed by atoms with Crippen LogP contribution in [0, 0.1) is 46.3 Å². The number of aliphatic hydroxyl groups is 2. The third-order valence-electron chi connectivity index (χ3n) is 10.2. The topological polar surface area (TPSA) is 131 Å². The molecule has 36 heavy (non-hydrogen) atoms. The first-order valence-corrected chi connectivity index (χ1v) is 13.3. The number of rotatable bonds is 7. The molecular weight excluding hydrogens is 460 g/mol. The van der Waals surface area contributed by atoms with Crippen molar-refractivity contribution in [3.8, 4) is 11.8 Å². The lowest BCUT2D eigenvalue weighted by Gasteiger charge is -2.62. The average Bonchev–Trinajstić information content (AvgIpc) is 3.20. The molecule has 8 unspecified atom stereocenters. The molecule has 3 fully saturated rings. The lowest BCUT2D eigenvalue weighted by atomic mass is 9.43. The summed E-state index contributed by atoms with van der Waals surface area (Å²) in [4.78, 5) is 18.5. The number of nitrogens with one attached hydrogen (secondary N) is 3. The van der Waals surface area contributed by atoms with Gasteiger partial charge in [0.25, 0.3) is 5.96 Å². The van der Waals surface area contributed by atoms with E-state index in [1.807, 2.05) is 7.05 Å². The number of methoxy groups -OCH3 is 1. The molecule has 198 valence electrons. The van der Waals surface area contributed by atoms with E-state index in [2.05, 4.69) is 34.4 Å². The minimum Gasteiger partial charge on any atom is -0.545 e. The molecule has 0 aromatic rings. The number of aliphatic carboxylic acids is 1. The molecule has 9 heteroatoms. The van der Waals surface area contributed by atoms with Gasteiger partial charge in [-0.15, -0.1) is 0 Å². The quantitative estimate of drug-likeness (QED) is 0.194. The van der Waals surface area contributed by atoms with E-state index in [1.165, 1.54) is 12.0 Å². The summed E-state index contributed by atoms with van der Waals surface area (Å²) in [5.41, 5.74) is -1.43. The van der Waals surface area contributed by atoms with Crippen LogP contribution in [0.3, 0.4) is 0 Å². The second kappa shape index (κ2) is 9.41. The number of carboxylic acid groups (broad SMARTS) is 1. The summed E-state index contributed by atoms with van der Waals surface area (Å²) in [5.74, 6) is 7.26. The minimum absolute atomic E-state index is 0.0539. The van der Waals surface area contributed by atoms with Crippen molar-refractivity contribution < 1.29 is 29.8 Å². The first-order valence-electron chi connectivity index (χ1n) is 13.3. The molecule has 2 saturated carbocycles. The van der Waals surface area contributed by atoms with Crippen LogP contribution < -0.4 is 20.6 Å². The van der Waals surface area contributed by atoms with Crippen LogP contribution in [0.15, 0.2) is 16.1 Å². The molecule has 0 amide bonds. The maximum Gasteiger partial charge on any atom is 0.296 e. The van der Waals surface area contributed by atoms with Crippen LogP contribution in [0.5, 0.6) is 0 Å². The van der Waals surface area contributed by atoms with Crippen molar-refractivity contribution in [1.82, 2.24) is 10.6 Å². The number of nitrogens with zero attached hydrogens (tertiary/aromatic N) is 1. The fraction of sp³-hybridized carbons (Fsp3) is 0.778. The number of guanidine groups is 1. The summed E-state index contributed by atoms with van der Waals surface area (Å²) in [5, 5.41) is 40.8. The molecule has 2 heterocycles. The first-order chi connectivity index (χ1) is 17.3. The largest absolute Gasteiger partial charge is 0.545 e. The molecule has 5 rings (SSSR count). The second-order valence-corrected chi connectivity index (χ2v) is 11.5. The molecule has 3 aliphatic carbocycles. The highest BCUT2D eigenvalue weighted by molar-refractivity contribution is 5.90. The number of aliphatic imine (C=N–C) groups is 1. The van der Waals surface area contributed by atoms with E-state index in [-0.39, 0.29) is 47.9 Å². The minimum atomic E-state index is -1.58. The Balaban J connectivity index is 1.76. The van der Waals surface area contributed by atoms with E-state index < -0.39 is 17.0 Å².